The number of methoxy groups -OCH3 is 1. The summed E-state index contributed by atoms with van der Waals surface area (Å²) in [6.45, 7) is 0. The molecular weight excluding hydrogens is 350 g/mol. The van der Waals surface area contributed by atoms with Crippen LogP contribution in [0.1, 0.15) is 5.56 Å². The zero-order valence-corrected chi connectivity index (χ0v) is 14.3. The molecule has 0 saturated heterocycles. The summed E-state index contributed by atoms with van der Waals surface area (Å²) >= 11 is 0. The van der Waals surface area contributed by atoms with E-state index in [1.54, 1.807) is 23.2 Å². The quantitative estimate of drug-likeness (QED) is 0.218. The number of rotatable bonds is 6. The van der Waals surface area contributed by atoms with Crippen LogP contribution in [-0.2, 0) is 4.79 Å². The van der Waals surface area contributed by atoms with Crippen molar-refractivity contribution >= 4 is 17.7 Å². The van der Waals surface area contributed by atoms with Gasteiger partial charge in [-0.1, -0.05) is 18.2 Å². The topological polar surface area (TPSA) is 96.5 Å². The number of carbonyl (C=O) groups excluding carboxylic acids is 1. The summed E-state index contributed by atoms with van der Waals surface area (Å²) in [6, 6.07) is 13.3. The molecule has 8 nitrogen and oxygen atoms in total. The lowest BCUT2D eigenvalue weighted by molar-refractivity contribution is -0.384. The molecule has 0 bridgehead atoms. The number of para-hydroxylation sites is 1. The van der Waals surface area contributed by atoms with Crippen LogP contribution in [0.2, 0.25) is 0 Å². The van der Waals surface area contributed by atoms with Crippen molar-refractivity contribution in [3.8, 4) is 17.2 Å². The average Bonchev–Trinajstić information content (AvgIpc) is 3.16. The third-order valence-electron chi connectivity index (χ3n) is 3.60. The number of nitro benzene ring substituents is 1. The van der Waals surface area contributed by atoms with Crippen LogP contribution in [0.3, 0.4) is 0 Å². The van der Waals surface area contributed by atoms with Gasteiger partial charge in [0.1, 0.15) is 0 Å². The van der Waals surface area contributed by atoms with E-state index in [9.17, 15) is 14.9 Å². The normalized spacial score (nSPS) is 10.7. The highest BCUT2D eigenvalue weighted by Crippen LogP contribution is 2.31. The molecule has 3 aromatic rings. The minimum absolute atomic E-state index is 0.0265. The van der Waals surface area contributed by atoms with Crippen molar-refractivity contribution in [2.24, 2.45) is 0 Å². The molecule has 0 aliphatic carbocycles. The van der Waals surface area contributed by atoms with E-state index in [1.807, 2.05) is 30.3 Å². The van der Waals surface area contributed by atoms with Crippen molar-refractivity contribution in [3.63, 3.8) is 0 Å². The van der Waals surface area contributed by atoms with E-state index in [-0.39, 0.29) is 17.2 Å². The first kappa shape index (κ1) is 17.9. The molecule has 3 rings (SSSR count). The number of hydrogen-bond acceptors (Lipinski definition) is 6. The second kappa shape index (κ2) is 7.96. The summed E-state index contributed by atoms with van der Waals surface area (Å²) in [7, 11) is 1.38. The number of ether oxygens (including phenoxy) is 2. The van der Waals surface area contributed by atoms with E-state index in [2.05, 4.69) is 5.10 Å². The molecule has 0 aliphatic rings. The highest BCUT2D eigenvalue weighted by atomic mass is 16.6. The third-order valence-corrected chi connectivity index (χ3v) is 3.60. The fraction of sp³-hybridized carbons (Fsp3) is 0.0526. The van der Waals surface area contributed by atoms with Crippen molar-refractivity contribution in [1.29, 1.82) is 0 Å². The van der Waals surface area contributed by atoms with Gasteiger partial charge in [0, 0.05) is 23.9 Å². The number of hydrogen-bond donors (Lipinski definition) is 0. The number of aromatic nitrogens is 2. The van der Waals surface area contributed by atoms with Gasteiger partial charge >= 0.3 is 5.97 Å². The third kappa shape index (κ3) is 4.37. The van der Waals surface area contributed by atoms with Crippen molar-refractivity contribution in [1.82, 2.24) is 9.78 Å². The van der Waals surface area contributed by atoms with Gasteiger partial charge in [0.05, 0.1) is 30.0 Å². The lowest BCUT2D eigenvalue weighted by atomic mass is 10.3. The van der Waals surface area contributed by atoms with Crippen molar-refractivity contribution in [3.05, 3.63) is 82.7 Å². The van der Waals surface area contributed by atoms with Gasteiger partial charge in [0.15, 0.2) is 11.5 Å². The van der Waals surface area contributed by atoms with Gasteiger partial charge in [-0.05, 0) is 24.3 Å². The van der Waals surface area contributed by atoms with Gasteiger partial charge in [-0.2, -0.15) is 5.10 Å². The summed E-state index contributed by atoms with van der Waals surface area (Å²) in [6.07, 6.45) is 6.11. The molecule has 0 fully saturated rings. The molecule has 0 saturated carbocycles. The Labute approximate surface area is 154 Å². The molecule has 0 spiro atoms. The van der Waals surface area contributed by atoms with Crippen LogP contribution in [0.15, 0.2) is 67.0 Å². The van der Waals surface area contributed by atoms with Crippen molar-refractivity contribution in [2.75, 3.05) is 7.11 Å². The first-order chi connectivity index (χ1) is 13.1. The Hall–Kier alpha value is -3.94. The maximum Gasteiger partial charge on any atom is 0.336 e. The van der Waals surface area contributed by atoms with Crippen LogP contribution in [-0.4, -0.2) is 27.8 Å². The Morgan fingerprint density at radius 3 is 2.67 bits per heavy atom. The Bertz CT molecular complexity index is 996. The Morgan fingerprint density at radius 2 is 1.96 bits per heavy atom. The molecule has 136 valence electrons. The van der Waals surface area contributed by atoms with E-state index in [1.165, 1.54) is 25.3 Å². The SMILES string of the molecule is COc1ccc([N+](=O)[O-])cc1OC(=O)/C=C/c1cnn(-c2ccccc2)c1. The van der Waals surface area contributed by atoms with Crippen LogP contribution >= 0.6 is 0 Å². The number of nitrogens with zero attached hydrogens (tertiary/aromatic N) is 3. The van der Waals surface area contributed by atoms with Crippen LogP contribution in [0.25, 0.3) is 11.8 Å². The Morgan fingerprint density at radius 1 is 1.19 bits per heavy atom. The van der Waals surface area contributed by atoms with Crippen LogP contribution in [0.4, 0.5) is 5.69 Å². The highest BCUT2D eigenvalue weighted by Gasteiger charge is 2.14. The number of esters is 1. The molecule has 27 heavy (non-hydrogen) atoms. The zero-order valence-electron chi connectivity index (χ0n) is 14.3. The number of nitro groups is 1. The van der Waals surface area contributed by atoms with E-state index in [0.717, 1.165) is 11.8 Å². The Balaban J connectivity index is 1.72. The van der Waals surface area contributed by atoms with Crippen molar-refractivity contribution in [2.45, 2.75) is 0 Å². The number of benzene rings is 2. The number of carbonyl (C=O) groups is 1. The fourth-order valence-electron chi connectivity index (χ4n) is 2.31. The maximum absolute atomic E-state index is 12.1. The first-order valence-electron chi connectivity index (χ1n) is 7.89. The molecule has 0 atom stereocenters. The molecule has 1 aromatic heterocycles. The van der Waals surface area contributed by atoms with Gasteiger partial charge in [0.25, 0.3) is 5.69 Å². The van der Waals surface area contributed by atoms with Gasteiger partial charge < -0.3 is 9.47 Å². The molecule has 0 N–H and O–H groups in total. The molecular formula is C19H15N3O5. The molecule has 0 radical (unpaired) electrons. The predicted octanol–water partition coefficient (Wildman–Crippen LogP) is 3.41. The minimum atomic E-state index is -0.693. The highest BCUT2D eigenvalue weighted by molar-refractivity contribution is 5.89. The van der Waals surface area contributed by atoms with Gasteiger partial charge in [-0.3, -0.25) is 10.1 Å². The minimum Gasteiger partial charge on any atom is -0.493 e. The van der Waals surface area contributed by atoms with Gasteiger partial charge in [-0.15, -0.1) is 0 Å². The standard InChI is InChI=1S/C19H15N3O5/c1-26-17-9-8-16(22(24)25)11-18(17)27-19(23)10-7-14-12-20-21(13-14)15-5-3-2-4-6-15/h2-13H,1H3/b10-7+. The monoisotopic (exact) mass is 365 g/mol. The second-order valence-corrected chi connectivity index (χ2v) is 5.40. The first-order valence-corrected chi connectivity index (χ1v) is 7.89. The van der Waals surface area contributed by atoms with E-state index >= 15 is 0 Å². The second-order valence-electron chi connectivity index (χ2n) is 5.40. The molecule has 0 unspecified atom stereocenters. The smallest absolute Gasteiger partial charge is 0.336 e. The fourth-order valence-corrected chi connectivity index (χ4v) is 2.31. The predicted molar refractivity (Wildman–Crippen MR) is 97.9 cm³/mol. The summed E-state index contributed by atoms with van der Waals surface area (Å²) < 4.78 is 11.9. The summed E-state index contributed by atoms with van der Waals surface area (Å²) in [5.41, 5.74) is 1.38. The maximum atomic E-state index is 12.1. The van der Waals surface area contributed by atoms with E-state index in [0.29, 0.717) is 5.56 Å². The van der Waals surface area contributed by atoms with Crippen LogP contribution in [0, 0.1) is 10.1 Å². The lowest BCUT2D eigenvalue weighted by Gasteiger charge is -2.07. The van der Waals surface area contributed by atoms with E-state index < -0.39 is 10.9 Å². The summed E-state index contributed by atoms with van der Waals surface area (Å²) in [4.78, 5) is 22.3. The molecule has 8 heteroatoms. The zero-order chi connectivity index (χ0) is 19.2. The molecule has 1 heterocycles. The Kier molecular flexibility index (Phi) is 5.27. The number of non-ortho nitro benzene ring substituents is 1. The molecule has 0 amide bonds. The van der Waals surface area contributed by atoms with Crippen LogP contribution in [0.5, 0.6) is 11.5 Å². The van der Waals surface area contributed by atoms with E-state index in [4.69, 9.17) is 9.47 Å². The lowest BCUT2D eigenvalue weighted by Crippen LogP contribution is -2.05. The van der Waals surface area contributed by atoms with Crippen LogP contribution < -0.4 is 9.47 Å². The largest absolute Gasteiger partial charge is 0.493 e. The summed E-state index contributed by atoms with van der Waals surface area (Å²) in [5.74, 6) is -0.498. The van der Waals surface area contributed by atoms with Gasteiger partial charge in [0.2, 0.25) is 0 Å². The molecule has 2 aromatic carbocycles. The molecule has 0 aliphatic heterocycles. The summed E-state index contributed by atoms with van der Waals surface area (Å²) in [5, 5.41) is 15.1. The average molecular weight is 365 g/mol. The van der Waals surface area contributed by atoms with Gasteiger partial charge in [-0.25, -0.2) is 9.48 Å². The van der Waals surface area contributed by atoms with Crippen molar-refractivity contribution < 1.29 is 19.2 Å².